The highest BCUT2D eigenvalue weighted by Gasteiger charge is 2.46. The van der Waals surface area contributed by atoms with Crippen LogP contribution in [0, 0.1) is 0 Å². The molecule has 3 heterocycles. The van der Waals surface area contributed by atoms with E-state index in [1.165, 1.54) is 0 Å². The number of H-pyrrole nitrogens is 1. The fourth-order valence-corrected chi connectivity index (χ4v) is 3.80. The van der Waals surface area contributed by atoms with Gasteiger partial charge >= 0.3 is 0 Å². The number of morpholine rings is 1. The zero-order chi connectivity index (χ0) is 15.3. The van der Waals surface area contributed by atoms with Crippen molar-refractivity contribution >= 4 is 11.8 Å². The summed E-state index contributed by atoms with van der Waals surface area (Å²) in [4.78, 5) is 27.8. The fraction of sp³-hybridized carbons (Fsp3) is 0.667. The van der Waals surface area contributed by atoms with Gasteiger partial charge in [-0.15, -0.1) is 0 Å². The number of likely N-dealkylation sites (tertiary alicyclic amines) is 1. The monoisotopic (exact) mass is 304 g/mol. The SMILES string of the molecule is CN1CC2(CCN(C(=O)c3n[nH]c4c3CCC4)C2)OCC1=O. The number of fused-ring (bicyclic) bond motifs is 1. The van der Waals surface area contributed by atoms with Crippen LogP contribution in [0.1, 0.15) is 34.6 Å². The molecule has 3 aliphatic rings. The van der Waals surface area contributed by atoms with Crippen molar-refractivity contribution in [3.63, 3.8) is 0 Å². The molecule has 2 amide bonds. The second-order valence-electron chi connectivity index (χ2n) is 6.58. The Balaban J connectivity index is 1.51. The molecule has 0 radical (unpaired) electrons. The van der Waals surface area contributed by atoms with Crippen LogP contribution in [0.15, 0.2) is 0 Å². The van der Waals surface area contributed by atoms with Crippen LogP contribution in [0.3, 0.4) is 0 Å². The molecule has 22 heavy (non-hydrogen) atoms. The molecule has 1 aromatic heterocycles. The maximum atomic E-state index is 12.7. The summed E-state index contributed by atoms with van der Waals surface area (Å²) in [7, 11) is 1.79. The van der Waals surface area contributed by atoms with Gasteiger partial charge in [0.15, 0.2) is 5.69 Å². The van der Waals surface area contributed by atoms with E-state index in [4.69, 9.17) is 4.74 Å². The highest BCUT2D eigenvalue weighted by molar-refractivity contribution is 5.94. The van der Waals surface area contributed by atoms with Crippen LogP contribution in [0.25, 0.3) is 0 Å². The van der Waals surface area contributed by atoms with Gasteiger partial charge in [0.25, 0.3) is 5.91 Å². The highest BCUT2D eigenvalue weighted by atomic mass is 16.5. The summed E-state index contributed by atoms with van der Waals surface area (Å²) in [6.45, 7) is 1.85. The molecule has 0 aromatic carbocycles. The van der Waals surface area contributed by atoms with Gasteiger partial charge in [-0.2, -0.15) is 5.10 Å². The van der Waals surface area contributed by atoms with Crippen molar-refractivity contribution in [2.75, 3.05) is 33.3 Å². The number of ether oxygens (including phenoxy) is 1. The quantitative estimate of drug-likeness (QED) is 0.790. The van der Waals surface area contributed by atoms with E-state index in [0.717, 1.165) is 36.9 Å². The first-order chi connectivity index (χ1) is 10.6. The zero-order valence-corrected chi connectivity index (χ0v) is 12.7. The molecule has 118 valence electrons. The molecule has 0 saturated carbocycles. The summed E-state index contributed by atoms with van der Waals surface area (Å²) in [5.74, 6) is -0.0139. The third kappa shape index (κ3) is 2.03. The molecular formula is C15H20N4O3. The summed E-state index contributed by atoms with van der Waals surface area (Å²) < 4.78 is 5.79. The molecule has 2 aliphatic heterocycles. The van der Waals surface area contributed by atoms with E-state index in [-0.39, 0.29) is 18.4 Å². The molecule has 1 spiro atoms. The Labute approximate surface area is 128 Å². The average molecular weight is 304 g/mol. The van der Waals surface area contributed by atoms with Gasteiger partial charge in [0.05, 0.1) is 13.1 Å². The molecule has 7 nitrogen and oxygen atoms in total. The van der Waals surface area contributed by atoms with Gasteiger partial charge in [-0.3, -0.25) is 14.7 Å². The molecule has 1 aromatic rings. The second kappa shape index (κ2) is 4.81. The largest absolute Gasteiger partial charge is 0.361 e. The summed E-state index contributed by atoms with van der Waals surface area (Å²) >= 11 is 0. The van der Waals surface area contributed by atoms with E-state index in [1.807, 2.05) is 4.90 Å². The molecule has 7 heteroatoms. The van der Waals surface area contributed by atoms with E-state index in [0.29, 0.717) is 25.3 Å². The Morgan fingerprint density at radius 2 is 2.23 bits per heavy atom. The molecular weight excluding hydrogens is 284 g/mol. The Morgan fingerprint density at radius 1 is 1.36 bits per heavy atom. The molecule has 2 fully saturated rings. The highest BCUT2D eigenvalue weighted by Crippen LogP contribution is 2.31. The predicted molar refractivity (Wildman–Crippen MR) is 77.5 cm³/mol. The van der Waals surface area contributed by atoms with E-state index in [9.17, 15) is 9.59 Å². The standard InChI is InChI=1S/C15H20N4O3/c1-18-8-15(22-7-12(18)20)5-6-19(9-15)14(21)13-10-3-2-4-11(10)16-17-13/h2-9H2,1H3,(H,16,17). The predicted octanol–water partition coefficient (Wildman–Crippen LogP) is -0.0283. The van der Waals surface area contributed by atoms with Crippen molar-refractivity contribution in [2.24, 2.45) is 0 Å². The van der Waals surface area contributed by atoms with Gasteiger partial charge in [-0.1, -0.05) is 0 Å². The first-order valence-corrected chi connectivity index (χ1v) is 7.81. The smallest absolute Gasteiger partial charge is 0.274 e. The number of hydrogen-bond donors (Lipinski definition) is 1. The van der Waals surface area contributed by atoms with E-state index in [2.05, 4.69) is 10.2 Å². The number of aromatic nitrogens is 2. The number of nitrogens with zero attached hydrogens (tertiary/aromatic N) is 3. The fourth-order valence-electron chi connectivity index (χ4n) is 3.80. The summed E-state index contributed by atoms with van der Waals surface area (Å²) in [6.07, 6.45) is 3.77. The molecule has 1 aliphatic carbocycles. The average Bonchev–Trinajstić information content (AvgIpc) is 3.18. The minimum Gasteiger partial charge on any atom is -0.361 e. The van der Waals surface area contributed by atoms with Gasteiger partial charge < -0.3 is 14.5 Å². The number of nitrogens with one attached hydrogen (secondary N) is 1. The molecule has 4 rings (SSSR count). The molecule has 1 atom stereocenters. The van der Waals surface area contributed by atoms with Crippen molar-refractivity contribution in [1.29, 1.82) is 0 Å². The van der Waals surface area contributed by atoms with E-state index >= 15 is 0 Å². The van der Waals surface area contributed by atoms with Crippen LogP contribution >= 0.6 is 0 Å². The van der Waals surface area contributed by atoms with Gasteiger partial charge in [-0.25, -0.2) is 0 Å². The van der Waals surface area contributed by atoms with Crippen molar-refractivity contribution in [1.82, 2.24) is 20.0 Å². The Hall–Kier alpha value is -1.89. The minimum absolute atomic E-state index is 0.000484. The lowest BCUT2D eigenvalue weighted by Gasteiger charge is -2.38. The van der Waals surface area contributed by atoms with Crippen molar-refractivity contribution in [2.45, 2.75) is 31.3 Å². The van der Waals surface area contributed by atoms with Crippen LogP contribution < -0.4 is 0 Å². The minimum atomic E-state index is -0.405. The van der Waals surface area contributed by atoms with Crippen molar-refractivity contribution < 1.29 is 14.3 Å². The molecule has 2 saturated heterocycles. The number of rotatable bonds is 1. The number of aromatic amines is 1. The molecule has 1 unspecified atom stereocenters. The van der Waals surface area contributed by atoms with E-state index in [1.54, 1.807) is 11.9 Å². The number of carbonyl (C=O) groups excluding carboxylic acids is 2. The molecule has 1 N–H and O–H groups in total. The van der Waals surface area contributed by atoms with Gasteiger partial charge in [0.2, 0.25) is 5.91 Å². The maximum absolute atomic E-state index is 12.7. The van der Waals surface area contributed by atoms with Crippen LogP contribution in [-0.2, 0) is 22.4 Å². The van der Waals surface area contributed by atoms with Crippen molar-refractivity contribution in [3.05, 3.63) is 17.0 Å². The van der Waals surface area contributed by atoms with Crippen molar-refractivity contribution in [3.8, 4) is 0 Å². The van der Waals surface area contributed by atoms with Crippen LogP contribution in [0.5, 0.6) is 0 Å². The van der Waals surface area contributed by atoms with Crippen LogP contribution in [0.4, 0.5) is 0 Å². The Bertz CT molecular complexity index is 641. The number of amides is 2. The second-order valence-corrected chi connectivity index (χ2v) is 6.58. The van der Waals surface area contributed by atoms with E-state index < -0.39 is 5.60 Å². The van der Waals surface area contributed by atoms with Crippen LogP contribution in [-0.4, -0.2) is 70.7 Å². The summed E-state index contributed by atoms with van der Waals surface area (Å²) in [5, 5.41) is 7.21. The van der Waals surface area contributed by atoms with Gasteiger partial charge in [0.1, 0.15) is 12.2 Å². The Kier molecular flexibility index (Phi) is 3.00. The van der Waals surface area contributed by atoms with Gasteiger partial charge in [-0.05, 0) is 25.7 Å². The number of hydrogen-bond acceptors (Lipinski definition) is 4. The maximum Gasteiger partial charge on any atom is 0.274 e. The Morgan fingerprint density at radius 3 is 3.05 bits per heavy atom. The van der Waals surface area contributed by atoms with Crippen LogP contribution in [0.2, 0.25) is 0 Å². The number of likely N-dealkylation sites (N-methyl/N-ethyl adjacent to an activating group) is 1. The zero-order valence-electron chi connectivity index (χ0n) is 12.7. The third-order valence-corrected chi connectivity index (χ3v) is 5.07. The summed E-state index contributed by atoms with van der Waals surface area (Å²) in [6, 6.07) is 0. The lowest BCUT2D eigenvalue weighted by molar-refractivity contribution is -0.158. The number of carbonyl (C=O) groups is 2. The topological polar surface area (TPSA) is 78.5 Å². The number of aryl methyl sites for hydroxylation is 1. The summed E-state index contributed by atoms with van der Waals surface area (Å²) in [5.41, 5.74) is 2.36. The molecule has 0 bridgehead atoms. The lowest BCUT2D eigenvalue weighted by atomic mass is 10.0. The first-order valence-electron chi connectivity index (χ1n) is 7.81. The first kappa shape index (κ1) is 13.8. The third-order valence-electron chi connectivity index (χ3n) is 5.07. The lowest BCUT2D eigenvalue weighted by Crippen LogP contribution is -2.54. The normalized spacial score (nSPS) is 27.8. The van der Waals surface area contributed by atoms with Gasteiger partial charge in [0, 0.05) is 24.8 Å².